The Morgan fingerprint density at radius 2 is 1.66 bits per heavy atom. The van der Waals surface area contributed by atoms with Crippen LogP contribution in [0.5, 0.6) is 11.5 Å². The van der Waals surface area contributed by atoms with Crippen LogP contribution in [0.3, 0.4) is 0 Å². The molecule has 0 radical (unpaired) electrons. The average molecular weight is 445 g/mol. The van der Waals surface area contributed by atoms with Crippen LogP contribution in [0.1, 0.15) is 34.8 Å². The summed E-state index contributed by atoms with van der Waals surface area (Å²) in [7, 11) is 0. The van der Waals surface area contributed by atoms with Crippen molar-refractivity contribution < 1.29 is 14.3 Å². The first-order valence-electron chi connectivity index (χ1n) is 10.9. The molecule has 0 unspecified atom stereocenters. The molecule has 5 nitrogen and oxygen atoms in total. The number of rotatable bonds is 5. The highest BCUT2D eigenvalue weighted by Crippen LogP contribution is 2.35. The Hall–Kier alpha value is -3.38. The quantitative estimate of drug-likeness (QED) is 0.424. The topological polar surface area (TPSA) is 52.8 Å². The van der Waals surface area contributed by atoms with Gasteiger partial charge in [0.2, 0.25) is 0 Å². The lowest BCUT2D eigenvalue weighted by Gasteiger charge is -2.18. The predicted molar refractivity (Wildman–Crippen MR) is 127 cm³/mol. The Morgan fingerprint density at radius 3 is 2.38 bits per heavy atom. The van der Waals surface area contributed by atoms with Crippen molar-refractivity contribution in [3.05, 3.63) is 88.2 Å². The van der Waals surface area contributed by atoms with Crippen LogP contribution in [0, 0.1) is 0 Å². The molecule has 4 aromatic rings. The average Bonchev–Trinajstić information content (AvgIpc) is 3.14. The molecule has 1 aliphatic heterocycles. The Kier molecular flexibility index (Phi) is 5.77. The number of benzene rings is 3. The number of aryl methyl sites for hydroxylation is 1. The van der Waals surface area contributed by atoms with Crippen LogP contribution in [0.4, 0.5) is 0 Å². The SMILES string of the molecule is CCCn1c(=NC(=O)c2ccc(Cc3ccccc3)cc2)sc2cc3c(cc21)OCCO3. The molecule has 2 heterocycles. The summed E-state index contributed by atoms with van der Waals surface area (Å²) in [5.41, 5.74) is 4.03. The molecule has 5 rings (SSSR count). The molecule has 0 bridgehead atoms. The number of ether oxygens (including phenoxy) is 2. The minimum atomic E-state index is -0.232. The molecular formula is C26H24N2O3S. The maximum Gasteiger partial charge on any atom is 0.279 e. The number of nitrogens with zero attached hydrogens (tertiary/aromatic N) is 2. The number of fused-ring (bicyclic) bond motifs is 2. The van der Waals surface area contributed by atoms with E-state index in [1.165, 1.54) is 22.5 Å². The second kappa shape index (κ2) is 9.01. The second-order valence-electron chi connectivity index (χ2n) is 7.78. The molecule has 0 saturated heterocycles. The van der Waals surface area contributed by atoms with Crippen molar-refractivity contribution in [2.75, 3.05) is 13.2 Å². The molecule has 1 aliphatic rings. The van der Waals surface area contributed by atoms with Crippen molar-refractivity contribution in [3.63, 3.8) is 0 Å². The fraction of sp³-hybridized carbons (Fsp3) is 0.231. The molecule has 0 fully saturated rings. The first-order chi connectivity index (χ1) is 15.7. The van der Waals surface area contributed by atoms with Gasteiger partial charge < -0.3 is 14.0 Å². The third kappa shape index (κ3) is 4.18. The molecule has 0 spiro atoms. The van der Waals surface area contributed by atoms with Crippen molar-refractivity contribution in [2.24, 2.45) is 4.99 Å². The van der Waals surface area contributed by atoms with Crippen molar-refractivity contribution in [2.45, 2.75) is 26.3 Å². The van der Waals surface area contributed by atoms with Gasteiger partial charge in [-0.05, 0) is 36.1 Å². The van der Waals surface area contributed by atoms with Crippen LogP contribution in [0.15, 0.2) is 71.7 Å². The number of hydrogen-bond acceptors (Lipinski definition) is 4. The number of aromatic nitrogens is 1. The number of carbonyl (C=O) groups excluding carboxylic acids is 1. The molecule has 3 aromatic carbocycles. The summed E-state index contributed by atoms with van der Waals surface area (Å²) >= 11 is 1.50. The third-order valence-corrected chi connectivity index (χ3v) is 6.48. The summed E-state index contributed by atoms with van der Waals surface area (Å²) < 4.78 is 14.6. The van der Waals surface area contributed by atoms with Crippen molar-refractivity contribution in [3.8, 4) is 11.5 Å². The lowest BCUT2D eigenvalue weighted by atomic mass is 10.0. The zero-order valence-corrected chi connectivity index (χ0v) is 18.7. The highest BCUT2D eigenvalue weighted by Gasteiger charge is 2.17. The maximum atomic E-state index is 13.0. The van der Waals surface area contributed by atoms with Gasteiger partial charge in [-0.2, -0.15) is 4.99 Å². The van der Waals surface area contributed by atoms with Gasteiger partial charge in [0.15, 0.2) is 16.3 Å². The molecule has 0 atom stereocenters. The molecular weight excluding hydrogens is 420 g/mol. The molecule has 1 amide bonds. The Balaban J connectivity index is 1.46. The van der Waals surface area contributed by atoms with Crippen molar-refractivity contribution in [1.29, 1.82) is 0 Å². The summed E-state index contributed by atoms with van der Waals surface area (Å²) in [5.74, 6) is 1.27. The zero-order chi connectivity index (χ0) is 21.9. The third-order valence-electron chi connectivity index (χ3n) is 5.44. The van der Waals surface area contributed by atoms with E-state index in [9.17, 15) is 4.79 Å². The highest BCUT2D eigenvalue weighted by atomic mass is 32.1. The van der Waals surface area contributed by atoms with Gasteiger partial charge in [-0.25, -0.2) is 0 Å². The first kappa shape index (κ1) is 20.5. The minimum absolute atomic E-state index is 0.232. The lowest BCUT2D eigenvalue weighted by molar-refractivity contribution is 0.0998. The van der Waals surface area contributed by atoms with E-state index >= 15 is 0 Å². The number of hydrogen-bond donors (Lipinski definition) is 0. The van der Waals surface area contributed by atoms with E-state index in [0.29, 0.717) is 23.6 Å². The summed E-state index contributed by atoms with van der Waals surface area (Å²) in [6.45, 7) is 3.99. The van der Waals surface area contributed by atoms with Gasteiger partial charge in [0.1, 0.15) is 13.2 Å². The van der Waals surface area contributed by atoms with E-state index in [-0.39, 0.29) is 5.91 Å². The molecule has 32 heavy (non-hydrogen) atoms. The molecule has 6 heteroatoms. The van der Waals surface area contributed by atoms with Crippen LogP contribution in [0.2, 0.25) is 0 Å². The van der Waals surface area contributed by atoms with E-state index in [1.54, 1.807) is 0 Å². The molecule has 1 aromatic heterocycles. The van der Waals surface area contributed by atoms with Crippen molar-refractivity contribution >= 4 is 27.5 Å². The minimum Gasteiger partial charge on any atom is -0.486 e. The van der Waals surface area contributed by atoms with Gasteiger partial charge in [-0.1, -0.05) is 60.7 Å². The normalized spacial score (nSPS) is 13.5. The molecule has 162 valence electrons. The smallest absolute Gasteiger partial charge is 0.279 e. The molecule has 0 aliphatic carbocycles. The van der Waals surface area contributed by atoms with Crippen LogP contribution in [0.25, 0.3) is 10.2 Å². The summed E-state index contributed by atoms with van der Waals surface area (Å²) in [6.07, 6.45) is 1.78. The summed E-state index contributed by atoms with van der Waals surface area (Å²) in [4.78, 5) is 18.1. The number of thiazole rings is 1. The van der Waals surface area contributed by atoms with Crippen LogP contribution < -0.4 is 14.3 Å². The maximum absolute atomic E-state index is 13.0. The fourth-order valence-electron chi connectivity index (χ4n) is 3.88. The van der Waals surface area contributed by atoms with Crippen LogP contribution >= 0.6 is 11.3 Å². The van der Waals surface area contributed by atoms with E-state index in [2.05, 4.69) is 28.6 Å². The number of carbonyl (C=O) groups is 1. The Bertz CT molecular complexity index is 1320. The standard InChI is InChI=1S/C26H24N2O3S/c1-2-12-28-21-16-22-23(31-14-13-30-22)17-24(21)32-26(28)27-25(29)20-10-8-19(9-11-20)15-18-6-4-3-5-7-18/h3-11,16-17H,2,12-15H2,1H3. The van der Waals surface area contributed by atoms with Gasteiger partial charge in [-0.3, -0.25) is 4.79 Å². The summed E-state index contributed by atoms with van der Waals surface area (Å²) in [6, 6.07) is 22.0. The van der Waals surface area contributed by atoms with E-state index in [0.717, 1.165) is 41.1 Å². The predicted octanol–water partition coefficient (Wildman–Crippen LogP) is 5.22. The Labute approximate surface area is 190 Å². The largest absolute Gasteiger partial charge is 0.486 e. The van der Waals surface area contributed by atoms with Gasteiger partial charge in [0.25, 0.3) is 5.91 Å². The highest BCUT2D eigenvalue weighted by molar-refractivity contribution is 7.16. The van der Waals surface area contributed by atoms with Gasteiger partial charge in [-0.15, -0.1) is 0 Å². The zero-order valence-electron chi connectivity index (χ0n) is 17.9. The van der Waals surface area contributed by atoms with Gasteiger partial charge >= 0.3 is 0 Å². The molecule has 0 saturated carbocycles. The van der Waals surface area contributed by atoms with Gasteiger partial charge in [0, 0.05) is 24.2 Å². The van der Waals surface area contributed by atoms with E-state index in [1.807, 2.05) is 54.6 Å². The molecule has 0 N–H and O–H groups in total. The number of amides is 1. The fourth-order valence-corrected chi connectivity index (χ4v) is 4.94. The van der Waals surface area contributed by atoms with Crippen molar-refractivity contribution in [1.82, 2.24) is 4.57 Å². The lowest BCUT2D eigenvalue weighted by Crippen LogP contribution is -2.17. The van der Waals surface area contributed by atoms with E-state index in [4.69, 9.17) is 9.47 Å². The van der Waals surface area contributed by atoms with Gasteiger partial charge in [0.05, 0.1) is 10.2 Å². The second-order valence-corrected chi connectivity index (χ2v) is 8.79. The monoisotopic (exact) mass is 444 g/mol. The summed E-state index contributed by atoms with van der Waals surface area (Å²) in [5, 5.41) is 0. The first-order valence-corrected chi connectivity index (χ1v) is 11.7. The van der Waals surface area contributed by atoms with Crippen LogP contribution in [-0.4, -0.2) is 23.7 Å². The Morgan fingerprint density at radius 1 is 0.969 bits per heavy atom. The van der Waals surface area contributed by atoms with Crippen LogP contribution in [-0.2, 0) is 13.0 Å². The van der Waals surface area contributed by atoms with E-state index < -0.39 is 0 Å².